The second kappa shape index (κ2) is 25.9. The third-order valence-corrected chi connectivity index (χ3v) is 10.7. The van der Waals surface area contributed by atoms with Crippen molar-refractivity contribution in [2.24, 2.45) is 28.9 Å². The van der Waals surface area contributed by atoms with Crippen LogP contribution >= 0.6 is 0 Å². The van der Waals surface area contributed by atoms with Crippen molar-refractivity contribution >= 4 is 24.2 Å². The fraction of sp³-hybridized carbons (Fsp3) is 0.562. The van der Waals surface area contributed by atoms with Crippen LogP contribution in [0.1, 0.15) is 141 Å². The average molecular weight is 769 g/mol. The first-order valence-electron chi connectivity index (χ1n) is 21.0. The molecule has 0 bridgehead atoms. The predicted octanol–water partition coefficient (Wildman–Crippen LogP) is 10.4. The summed E-state index contributed by atoms with van der Waals surface area (Å²) in [5.41, 5.74) is 12.6. The van der Waals surface area contributed by atoms with E-state index in [1.54, 1.807) is 0 Å². The van der Waals surface area contributed by atoms with Gasteiger partial charge in [0.2, 0.25) is 5.91 Å². The van der Waals surface area contributed by atoms with E-state index in [2.05, 4.69) is 87.9 Å². The van der Waals surface area contributed by atoms with Crippen molar-refractivity contribution in [2.45, 2.75) is 131 Å². The highest BCUT2D eigenvalue weighted by atomic mass is 16.4. The molecule has 1 amide bonds. The molecule has 3 aliphatic carbocycles. The summed E-state index contributed by atoms with van der Waals surface area (Å²) in [4.78, 5) is 40.4. The summed E-state index contributed by atoms with van der Waals surface area (Å²) < 4.78 is 0. The maximum atomic E-state index is 11.0. The second-order valence-electron chi connectivity index (χ2n) is 16.6. The number of aromatic nitrogens is 2. The van der Waals surface area contributed by atoms with Crippen LogP contribution in [0.25, 0.3) is 5.57 Å². The van der Waals surface area contributed by atoms with Crippen LogP contribution in [-0.4, -0.2) is 58.8 Å². The Hall–Kier alpha value is -4.17. The summed E-state index contributed by atoms with van der Waals surface area (Å²) in [6, 6.07) is 8.98. The first-order valence-corrected chi connectivity index (χ1v) is 21.0. The number of allylic oxidation sites excluding steroid dienone is 7. The minimum Gasteiger partial charge on any atom is -0.481 e. The number of carbonyl (C=O) groups excluding carboxylic acids is 2. The van der Waals surface area contributed by atoms with Gasteiger partial charge in [-0.05, 0) is 85.1 Å². The Labute approximate surface area is 338 Å². The molecule has 1 atom stereocenters. The summed E-state index contributed by atoms with van der Waals surface area (Å²) in [6.07, 6.45) is 31.9. The highest BCUT2D eigenvalue weighted by Crippen LogP contribution is 2.39. The Balaban J connectivity index is 0.000000331. The van der Waals surface area contributed by atoms with Crippen LogP contribution < -0.4 is 5.73 Å². The normalized spacial score (nSPS) is 18.5. The summed E-state index contributed by atoms with van der Waals surface area (Å²) in [6.45, 7) is 16.4. The molecule has 1 saturated carbocycles. The number of carboxylic acids is 1. The van der Waals surface area contributed by atoms with Gasteiger partial charge in [-0.15, -0.1) is 0 Å². The van der Waals surface area contributed by atoms with Gasteiger partial charge in [0.1, 0.15) is 12.6 Å². The molecule has 2 aromatic rings. The van der Waals surface area contributed by atoms with E-state index in [9.17, 15) is 9.59 Å². The molecule has 8 heteroatoms. The molecular formula is C48H72N4O4. The quantitative estimate of drug-likeness (QED) is 0.260. The minimum atomic E-state index is -0.664. The van der Waals surface area contributed by atoms with E-state index in [4.69, 9.17) is 15.6 Å². The summed E-state index contributed by atoms with van der Waals surface area (Å²) in [7, 11) is 1.92. The van der Waals surface area contributed by atoms with Crippen molar-refractivity contribution in [1.29, 1.82) is 0 Å². The van der Waals surface area contributed by atoms with Gasteiger partial charge in [-0.25, -0.2) is 9.97 Å². The fourth-order valence-electron chi connectivity index (χ4n) is 7.31. The SMILES string of the molecule is C=O.CC(C)(C)C1=CC=C(C(N)=O)CC=C1.CCC.CCCCc1ccc(Cc2ncc(C3=CCC(C4CCCCC4)CC3)cn2)cc1.CN1CC(C(=O)O)C1. The molecule has 308 valence electrons. The number of benzene rings is 1. The van der Waals surface area contributed by atoms with Crippen molar-refractivity contribution in [3.8, 4) is 0 Å². The number of nitrogens with two attached hydrogens (primary N) is 1. The number of unbranched alkanes of at least 4 members (excludes halogenated alkanes) is 1. The number of hydrogen-bond donors (Lipinski definition) is 2. The number of likely N-dealkylation sites (tertiary alicyclic amines) is 1. The summed E-state index contributed by atoms with van der Waals surface area (Å²) >= 11 is 0. The van der Waals surface area contributed by atoms with Crippen molar-refractivity contribution in [2.75, 3.05) is 20.1 Å². The molecule has 1 unspecified atom stereocenters. The van der Waals surface area contributed by atoms with E-state index >= 15 is 0 Å². The standard InChI is InChI=1S/C27H36N2.C12H17NO.C5H9NO2.C3H8.CH2O/c1-2-3-7-21-10-12-22(13-11-21)18-27-28-19-26(20-29-27)25-16-14-24(15-17-25)23-8-5-4-6-9-23;1-12(2,3)10-6-4-5-9(7-8-10)11(13)14;1-6-2-4(3-6)5(7)8;1-3-2;1-2/h10-13,16,19-20,23-24H,2-9,14-15,17-18H2,1H3;4,6-8H,5H2,1-3H3,(H2,13,14);4H,2-3H2,1H3,(H,7,8);3H2,1-2H3;1H2. The molecule has 6 rings (SSSR count). The predicted molar refractivity (Wildman–Crippen MR) is 232 cm³/mol. The zero-order valence-corrected chi connectivity index (χ0v) is 35.7. The molecule has 1 aromatic heterocycles. The van der Waals surface area contributed by atoms with E-state index in [0.717, 1.165) is 37.2 Å². The monoisotopic (exact) mass is 769 g/mol. The van der Waals surface area contributed by atoms with Gasteiger partial charge in [-0.1, -0.05) is 141 Å². The number of rotatable bonds is 9. The van der Waals surface area contributed by atoms with Gasteiger partial charge < -0.3 is 20.5 Å². The van der Waals surface area contributed by atoms with Crippen LogP contribution in [0, 0.1) is 23.2 Å². The Morgan fingerprint density at radius 2 is 1.52 bits per heavy atom. The largest absolute Gasteiger partial charge is 0.481 e. The van der Waals surface area contributed by atoms with Crippen molar-refractivity contribution < 1.29 is 19.5 Å². The molecule has 2 heterocycles. The zero-order chi connectivity index (χ0) is 41.5. The van der Waals surface area contributed by atoms with Crippen LogP contribution in [0.15, 0.2) is 78.2 Å². The number of aliphatic carboxylic acids is 1. The Morgan fingerprint density at radius 1 is 0.911 bits per heavy atom. The number of carboxylic acid groups (broad SMARTS) is 1. The molecule has 8 nitrogen and oxygen atoms in total. The minimum absolute atomic E-state index is 0.0972. The molecule has 0 spiro atoms. The van der Waals surface area contributed by atoms with E-state index in [-0.39, 0.29) is 17.2 Å². The van der Waals surface area contributed by atoms with Crippen molar-refractivity contribution in [3.63, 3.8) is 0 Å². The Kier molecular flexibility index (Phi) is 22.2. The molecule has 3 N–H and O–H groups in total. The van der Waals surface area contributed by atoms with E-state index < -0.39 is 5.97 Å². The van der Waals surface area contributed by atoms with Crippen LogP contribution in [0.5, 0.6) is 0 Å². The van der Waals surface area contributed by atoms with Crippen LogP contribution in [0.3, 0.4) is 0 Å². The number of primary amides is 1. The van der Waals surface area contributed by atoms with Gasteiger partial charge in [0.25, 0.3) is 0 Å². The Morgan fingerprint density at radius 3 is 2.00 bits per heavy atom. The van der Waals surface area contributed by atoms with Crippen molar-refractivity contribution in [3.05, 3.63) is 101 Å². The summed E-state index contributed by atoms with van der Waals surface area (Å²) in [5.74, 6) is 1.73. The number of aryl methyl sites for hydroxylation is 1. The summed E-state index contributed by atoms with van der Waals surface area (Å²) in [5, 5.41) is 8.32. The van der Waals surface area contributed by atoms with Gasteiger partial charge >= 0.3 is 5.97 Å². The lowest BCUT2D eigenvalue weighted by molar-refractivity contribution is -0.146. The third-order valence-electron chi connectivity index (χ3n) is 10.7. The first-order chi connectivity index (χ1) is 26.8. The topological polar surface area (TPSA) is 126 Å². The van der Waals surface area contributed by atoms with Gasteiger partial charge in [0.05, 0.1) is 5.92 Å². The number of carbonyl (C=O) groups is 3. The first kappa shape index (κ1) is 48.0. The highest BCUT2D eigenvalue weighted by Gasteiger charge is 2.29. The maximum Gasteiger partial charge on any atom is 0.309 e. The van der Waals surface area contributed by atoms with Gasteiger partial charge in [0.15, 0.2) is 0 Å². The van der Waals surface area contributed by atoms with Crippen LogP contribution in [0.4, 0.5) is 0 Å². The molecular weight excluding hydrogens is 697 g/mol. The van der Waals surface area contributed by atoms with Gasteiger partial charge in [-0.2, -0.15) is 0 Å². The smallest absolute Gasteiger partial charge is 0.309 e. The second-order valence-corrected chi connectivity index (χ2v) is 16.6. The lowest BCUT2D eigenvalue weighted by Crippen LogP contribution is -2.47. The molecule has 1 saturated heterocycles. The lowest BCUT2D eigenvalue weighted by atomic mass is 9.73. The Bertz CT molecular complexity index is 1570. The number of nitrogens with zero attached hydrogens (tertiary/aromatic N) is 3. The number of amides is 1. The van der Waals surface area contributed by atoms with E-state index in [0.29, 0.717) is 12.0 Å². The molecule has 56 heavy (non-hydrogen) atoms. The molecule has 1 aromatic carbocycles. The molecule has 1 aliphatic heterocycles. The fourth-order valence-corrected chi connectivity index (χ4v) is 7.31. The van der Waals surface area contributed by atoms with Crippen LogP contribution in [0.2, 0.25) is 0 Å². The number of hydrogen-bond acceptors (Lipinski definition) is 6. The molecule has 0 radical (unpaired) electrons. The van der Waals surface area contributed by atoms with Crippen molar-refractivity contribution in [1.82, 2.24) is 14.9 Å². The lowest BCUT2D eigenvalue weighted by Gasteiger charge is -2.32. The molecule has 2 fully saturated rings. The van der Waals surface area contributed by atoms with E-state index in [1.165, 1.54) is 105 Å². The van der Waals surface area contributed by atoms with Crippen LogP contribution in [-0.2, 0) is 27.2 Å². The van der Waals surface area contributed by atoms with E-state index in [1.807, 2.05) is 49.4 Å². The zero-order valence-electron chi connectivity index (χ0n) is 35.7. The highest BCUT2D eigenvalue weighted by molar-refractivity contribution is 5.92. The maximum absolute atomic E-state index is 11.0. The molecule has 4 aliphatic rings. The average Bonchev–Trinajstić information content (AvgIpc) is 3.46. The third kappa shape index (κ3) is 17.3. The van der Waals surface area contributed by atoms with Gasteiger partial charge in [0, 0.05) is 43.0 Å². The van der Waals surface area contributed by atoms with Gasteiger partial charge in [-0.3, -0.25) is 9.59 Å².